The molecule has 1 aromatic heterocycles. The number of benzene rings is 1. The van der Waals surface area contributed by atoms with Crippen molar-refractivity contribution in [2.45, 2.75) is 11.6 Å². The molecule has 102 valence electrons. The predicted octanol–water partition coefficient (Wildman–Crippen LogP) is 6.51. The lowest BCUT2D eigenvalue weighted by atomic mass is 10.1. The normalized spacial score (nSPS) is 13.6. The highest BCUT2D eigenvalue weighted by molar-refractivity contribution is 9.10. The molecule has 0 N–H and O–H groups in total. The van der Waals surface area contributed by atoms with E-state index < -0.39 is 17.1 Å². The van der Waals surface area contributed by atoms with E-state index in [2.05, 4.69) is 15.9 Å². The van der Waals surface area contributed by atoms with Crippen LogP contribution in [0.25, 0.3) is 0 Å². The van der Waals surface area contributed by atoms with Crippen molar-refractivity contribution in [2.24, 2.45) is 0 Å². The number of alkyl halides is 4. The molecular weight excluding hydrogens is 384 g/mol. The van der Waals surface area contributed by atoms with Gasteiger partial charge in [0.05, 0.1) is 10.9 Å². The average Bonchev–Trinajstić information content (AvgIpc) is 2.68. The zero-order valence-electron chi connectivity index (χ0n) is 9.14. The fourth-order valence-corrected chi connectivity index (χ4v) is 3.60. The van der Waals surface area contributed by atoms with Crippen LogP contribution in [-0.2, 0) is 6.18 Å². The van der Waals surface area contributed by atoms with E-state index in [9.17, 15) is 13.2 Å². The van der Waals surface area contributed by atoms with Crippen molar-refractivity contribution in [1.82, 2.24) is 0 Å². The first-order chi connectivity index (χ1) is 8.79. The zero-order chi connectivity index (χ0) is 14.2. The van der Waals surface area contributed by atoms with Crippen LogP contribution in [0.4, 0.5) is 13.2 Å². The van der Waals surface area contributed by atoms with Crippen molar-refractivity contribution in [3.8, 4) is 0 Å². The largest absolute Gasteiger partial charge is 0.416 e. The highest BCUT2D eigenvalue weighted by Gasteiger charge is 2.31. The summed E-state index contributed by atoms with van der Waals surface area (Å²) in [7, 11) is 0. The molecular formula is C12H6BrCl2F3S. The second kappa shape index (κ2) is 5.64. The van der Waals surface area contributed by atoms with Gasteiger partial charge in [0.1, 0.15) is 4.34 Å². The van der Waals surface area contributed by atoms with Gasteiger partial charge in [-0.15, -0.1) is 22.9 Å². The average molecular weight is 390 g/mol. The minimum atomic E-state index is -4.37. The van der Waals surface area contributed by atoms with Crippen LogP contribution in [0.2, 0.25) is 4.34 Å². The van der Waals surface area contributed by atoms with Crippen molar-refractivity contribution < 1.29 is 13.2 Å². The third-order valence-electron chi connectivity index (χ3n) is 2.42. The number of rotatable bonds is 2. The van der Waals surface area contributed by atoms with E-state index in [1.807, 2.05) is 0 Å². The zero-order valence-corrected chi connectivity index (χ0v) is 13.1. The van der Waals surface area contributed by atoms with Gasteiger partial charge in [0.15, 0.2) is 0 Å². The van der Waals surface area contributed by atoms with E-state index in [0.717, 1.165) is 12.1 Å². The van der Waals surface area contributed by atoms with E-state index in [0.29, 0.717) is 19.2 Å². The Bertz CT molecular complexity index is 575. The van der Waals surface area contributed by atoms with E-state index in [1.54, 1.807) is 12.1 Å². The Morgan fingerprint density at radius 3 is 2.42 bits per heavy atom. The Morgan fingerprint density at radius 1 is 1.21 bits per heavy atom. The van der Waals surface area contributed by atoms with Gasteiger partial charge in [-0.3, -0.25) is 0 Å². The highest BCUT2D eigenvalue weighted by Crippen LogP contribution is 2.41. The third-order valence-corrected chi connectivity index (χ3v) is 5.58. The summed E-state index contributed by atoms with van der Waals surface area (Å²) in [6.45, 7) is 0. The maximum atomic E-state index is 12.6. The molecule has 0 aliphatic rings. The van der Waals surface area contributed by atoms with Gasteiger partial charge < -0.3 is 0 Å². The molecule has 0 aliphatic carbocycles. The quantitative estimate of drug-likeness (QED) is 0.513. The first-order valence-corrected chi connectivity index (χ1v) is 7.47. The lowest BCUT2D eigenvalue weighted by molar-refractivity contribution is -0.137. The Kier molecular flexibility index (Phi) is 4.50. The fraction of sp³-hybridized carbons (Fsp3) is 0.167. The van der Waals surface area contributed by atoms with Crippen LogP contribution in [0.1, 0.15) is 21.4 Å². The molecule has 0 saturated carbocycles. The van der Waals surface area contributed by atoms with Crippen LogP contribution < -0.4 is 0 Å². The van der Waals surface area contributed by atoms with Crippen LogP contribution in [0.5, 0.6) is 0 Å². The molecule has 0 saturated heterocycles. The number of hydrogen-bond donors (Lipinski definition) is 0. The van der Waals surface area contributed by atoms with Gasteiger partial charge in [-0.25, -0.2) is 0 Å². The minimum Gasteiger partial charge on any atom is -0.166 e. The Balaban J connectivity index is 2.36. The van der Waals surface area contributed by atoms with E-state index in [1.165, 1.54) is 17.4 Å². The third kappa shape index (κ3) is 3.45. The molecule has 0 bridgehead atoms. The second-order valence-electron chi connectivity index (χ2n) is 3.76. The number of hydrogen-bond acceptors (Lipinski definition) is 1. The van der Waals surface area contributed by atoms with Crippen molar-refractivity contribution in [1.29, 1.82) is 0 Å². The summed E-state index contributed by atoms with van der Waals surface area (Å²) in [6.07, 6.45) is -4.37. The van der Waals surface area contributed by atoms with Crippen LogP contribution in [0.15, 0.2) is 34.8 Å². The molecule has 1 heterocycles. The van der Waals surface area contributed by atoms with E-state index in [-0.39, 0.29) is 0 Å². The molecule has 0 fully saturated rings. The molecule has 1 unspecified atom stereocenters. The minimum absolute atomic E-state index is 0.391. The Labute approximate surface area is 130 Å². The summed E-state index contributed by atoms with van der Waals surface area (Å²) in [5.74, 6) is 0. The Hall–Kier alpha value is -0.230. The smallest absolute Gasteiger partial charge is 0.166 e. The maximum absolute atomic E-state index is 12.6. The molecule has 2 rings (SSSR count). The van der Waals surface area contributed by atoms with Crippen LogP contribution in [-0.4, -0.2) is 0 Å². The predicted molar refractivity (Wildman–Crippen MR) is 76.2 cm³/mol. The molecule has 0 radical (unpaired) electrons. The first-order valence-electron chi connectivity index (χ1n) is 5.05. The summed E-state index contributed by atoms with van der Waals surface area (Å²) >= 11 is 16.6. The lowest BCUT2D eigenvalue weighted by Gasteiger charge is -2.11. The van der Waals surface area contributed by atoms with Gasteiger partial charge in [0.25, 0.3) is 0 Å². The van der Waals surface area contributed by atoms with Crippen LogP contribution in [0.3, 0.4) is 0 Å². The van der Waals surface area contributed by atoms with Gasteiger partial charge in [0, 0.05) is 9.35 Å². The van der Waals surface area contributed by atoms with Crippen molar-refractivity contribution in [3.05, 3.63) is 55.1 Å². The molecule has 0 nitrogen and oxygen atoms in total. The molecule has 7 heteroatoms. The summed E-state index contributed by atoms with van der Waals surface area (Å²) in [6, 6.07) is 6.70. The lowest BCUT2D eigenvalue weighted by Crippen LogP contribution is -2.05. The number of thiophene rings is 1. The molecule has 0 aliphatic heterocycles. The van der Waals surface area contributed by atoms with Gasteiger partial charge >= 0.3 is 6.18 Å². The summed E-state index contributed by atoms with van der Waals surface area (Å²) in [5, 5.41) is -0.656. The Morgan fingerprint density at radius 2 is 1.89 bits per heavy atom. The summed E-state index contributed by atoms with van der Waals surface area (Å²) < 4.78 is 39.1. The van der Waals surface area contributed by atoms with Crippen molar-refractivity contribution in [2.75, 3.05) is 0 Å². The molecule has 2 aromatic rings. The first kappa shape index (κ1) is 15.2. The van der Waals surface area contributed by atoms with Crippen molar-refractivity contribution >= 4 is 50.5 Å². The monoisotopic (exact) mass is 388 g/mol. The van der Waals surface area contributed by atoms with Crippen LogP contribution in [0, 0.1) is 0 Å². The molecule has 19 heavy (non-hydrogen) atoms. The summed E-state index contributed by atoms with van der Waals surface area (Å²) in [5.41, 5.74) is -0.320. The summed E-state index contributed by atoms with van der Waals surface area (Å²) in [4.78, 5) is 0.692. The van der Waals surface area contributed by atoms with Crippen molar-refractivity contribution in [3.63, 3.8) is 0 Å². The highest BCUT2D eigenvalue weighted by atomic mass is 79.9. The van der Waals surface area contributed by atoms with Gasteiger partial charge in [-0.05, 0) is 39.7 Å². The maximum Gasteiger partial charge on any atom is 0.416 e. The molecule has 1 aromatic carbocycles. The topological polar surface area (TPSA) is 0 Å². The molecule has 0 amide bonds. The van der Waals surface area contributed by atoms with Gasteiger partial charge in [-0.2, -0.15) is 13.2 Å². The second-order valence-corrected chi connectivity index (χ2v) is 6.73. The van der Waals surface area contributed by atoms with Crippen LogP contribution >= 0.6 is 50.5 Å². The van der Waals surface area contributed by atoms with E-state index in [4.69, 9.17) is 23.2 Å². The SMILES string of the molecule is FC(F)(F)c1cccc(C(Cl)c2cc(Br)c(Cl)s2)c1. The standard InChI is InChI=1S/C12H6BrCl2F3S/c13-8-5-9(19-11(8)15)10(14)6-2-1-3-7(4-6)12(16,17)18/h1-5,10H. The number of halogens is 6. The van der Waals surface area contributed by atoms with Gasteiger partial charge in [0.2, 0.25) is 0 Å². The molecule has 1 atom stereocenters. The van der Waals surface area contributed by atoms with Gasteiger partial charge in [-0.1, -0.05) is 23.7 Å². The van der Waals surface area contributed by atoms with E-state index >= 15 is 0 Å². The fourth-order valence-electron chi connectivity index (χ4n) is 1.53. The molecule has 0 spiro atoms.